The van der Waals surface area contributed by atoms with Crippen molar-refractivity contribution in [3.63, 3.8) is 0 Å². The number of terminal acetylenes is 1. The first-order chi connectivity index (χ1) is 11.6. The minimum Gasteiger partial charge on any atom is -0.356 e. The largest absolute Gasteiger partial charge is 0.356 e. The minimum absolute atomic E-state index is 0.0119. The molecule has 0 radical (unpaired) electrons. The summed E-state index contributed by atoms with van der Waals surface area (Å²) in [5, 5.41) is 3.38. The van der Waals surface area contributed by atoms with E-state index < -0.39 is 0 Å². The van der Waals surface area contributed by atoms with Gasteiger partial charge in [0.1, 0.15) is 0 Å². The summed E-state index contributed by atoms with van der Waals surface area (Å²) in [6.45, 7) is 4.55. The molecule has 24 heavy (non-hydrogen) atoms. The molecule has 1 heterocycles. The van der Waals surface area contributed by atoms with Crippen LogP contribution in [0.15, 0.2) is 27.9 Å². The van der Waals surface area contributed by atoms with Gasteiger partial charge in [-0.3, -0.25) is 4.79 Å². The quantitative estimate of drug-likeness (QED) is 0.497. The van der Waals surface area contributed by atoms with Gasteiger partial charge < -0.3 is 5.32 Å². The van der Waals surface area contributed by atoms with Crippen LogP contribution in [0, 0.1) is 12.3 Å². The van der Waals surface area contributed by atoms with Gasteiger partial charge in [-0.25, -0.2) is 9.97 Å². The number of carbonyl (C=O) groups is 1. The summed E-state index contributed by atoms with van der Waals surface area (Å²) in [5.41, 5.74) is 4.28. The highest BCUT2D eigenvalue weighted by atomic mass is 32.2. The van der Waals surface area contributed by atoms with E-state index >= 15 is 0 Å². The predicted molar refractivity (Wildman–Crippen MR) is 103 cm³/mol. The normalized spacial score (nSPS) is 17.2. The van der Waals surface area contributed by atoms with Gasteiger partial charge >= 0.3 is 0 Å². The molecule has 0 saturated heterocycles. The third kappa shape index (κ3) is 4.22. The molecule has 6 heteroatoms. The van der Waals surface area contributed by atoms with Crippen molar-refractivity contribution in [1.82, 2.24) is 15.3 Å². The van der Waals surface area contributed by atoms with E-state index in [2.05, 4.69) is 22.3 Å². The lowest BCUT2D eigenvalue weighted by atomic mass is 9.87. The number of hydrogen-bond acceptors (Lipinski definition) is 5. The van der Waals surface area contributed by atoms with Crippen molar-refractivity contribution >= 4 is 35.0 Å². The van der Waals surface area contributed by atoms with Crippen LogP contribution in [0.25, 0.3) is 5.57 Å². The summed E-state index contributed by atoms with van der Waals surface area (Å²) in [4.78, 5) is 21.6. The Kier molecular flexibility index (Phi) is 6.95. The van der Waals surface area contributed by atoms with Crippen molar-refractivity contribution in [3.05, 3.63) is 34.0 Å². The SMILES string of the molecule is C#C/C(SC)=C1\C(=C/C)CCc2cnc(SCC(=O)NCC)nc21. The van der Waals surface area contributed by atoms with Crippen LogP contribution in [-0.4, -0.2) is 34.4 Å². The minimum atomic E-state index is -0.0119. The van der Waals surface area contributed by atoms with Gasteiger partial charge in [0.2, 0.25) is 5.91 Å². The Morgan fingerprint density at radius 3 is 2.92 bits per heavy atom. The van der Waals surface area contributed by atoms with E-state index in [0.29, 0.717) is 17.5 Å². The second-order valence-electron chi connectivity index (χ2n) is 5.14. The number of carbonyl (C=O) groups excluding carboxylic acids is 1. The van der Waals surface area contributed by atoms with E-state index in [1.54, 1.807) is 11.8 Å². The predicted octanol–water partition coefficient (Wildman–Crippen LogP) is 3.30. The average molecular weight is 360 g/mol. The maximum absolute atomic E-state index is 11.6. The van der Waals surface area contributed by atoms with Crippen molar-refractivity contribution in [1.29, 1.82) is 0 Å². The van der Waals surface area contributed by atoms with E-state index in [9.17, 15) is 4.79 Å². The van der Waals surface area contributed by atoms with Crippen molar-refractivity contribution in [3.8, 4) is 12.3 Å². The van der Waals surface area contributed by atoms with Crippen LogP contribution >= 0.6 is 23.5 Å². The van der Waals surface area contributed by atoms with E-state index in [-0.39, 0.29) is 5.91 Å². The zero-order valence-corrected chi connectivity index (χ0v) is 15.8. The molecule has 4 nitrogen and oxygen atoms in total. The summed E-state index contributed by atoms with van der Waals surface area (Å²) in [6.07, 6.45) is 13.5. The number of hydrogen-bond donors (Lipinski definition) is 1. The molecule has 2 rings (SSSR count). The molecule has 0 fully saturated rings. The van der Waals surface area contributed by atoms with Crippen molar-refractivity contribution in [2.24, 2.45) is 0 Å². The molecule has 0 unspecified atom stereocenters. The van der Waals surface area contributed by atoms with Crippen LogP contribution < -0.4 is 5.32 Å². The smallest absolute Gasteiger partial charge is 0.230 e. The molecular formula is C18H21N3OS2. The fourth-order valence-corrected chi connectivity index (χ4v) is 3.75. The zero-order valence-electron chi connectivity index (χ0n) is 14.2. The number of aryl methyl sites for hydroxylation is 1. The first-order valence-corrected chi connectivity index (χ1v) is 10.0. The molecule has 0 saturated carbocycles. The van der Waals surface area contributed by atoms with Crippen molar-refractivity contribution < 1.29 is 4.79 Å². The first-order valence-electron chi connectivity index (χ1n) is 7.80. The Bertz CT molecular complexity index is 732. The number of nitrogens with one attached hydrogen (secondary N) is 1. The molecule has 0 aliphatic heterocycles. The second-order valence-corrected chi connectivity index (χ2v) is 6.89. The Morgan fingerprint density at radius 1 is 1.50 bits per heavy atom. The topological polar surface area (TPSA) is 54.9 Å². The lowest BCUT2D eigenvalue weighted by Crippen LogP contribution is -2.24. The Labute approximate surface area is 152 Å². The molecule has 1 amide bonds. The van der Waals surface area contributed by atoms with Crippen LogP contribution in [0.1, 0.15) is 31.5 Å². The number of thioether (sulfide) groups is 2. The van der Waals surface area contributed by atoms with Gasteiger partial charge in [0.25, 0.3) is 0 Å². The third-order valence-electron chi connectivity index (χ3n) is 3.68. The van der Waals surface area contributed by atoms with Gasteiger partial charge in [-0.15, -0.1) is 18.2 Å². The van der Waals surface area contributed by atoms with Gasteiger partial charge in [0, 0.05) is 18.3 Å². The molecule has 0 aromatic carbocycles. The van der Waals surface area contributed by atoms with Crippen LogP contribution in [0.2, 0.25) is 0 Å². The van der Waals surface area contributed by atoms with Crippen LogP contribution in [0.5, 0.6) is 0 Å². The first kappa shape index (κ1) is 18.6. The molecule has 1 N–H and O–H groups in total. The lowest BCUT2D eigenvalue weighted by molar-refractivity contribution is -0.118. The summed E-state index contributed by atoms with van der Waals surface area (Å²) in [6, 6.07) is 0. The summed E-state index contributed by atoms with van der Waals surface area (Å²) in [5.74, 6) is 3.08. The Morgan fingerprint density at radius 2 is 2.29 bits per heavy atom. The standard InChI is InChI=1S/C18H21N3OS2/c1-5-12-8-9-13-10-20-18(24-11-15(22)19-7-3)21-17(13)16(12)14(6-2)23-4/h2,5,10H,7-9,11H2,1,3-4H3,(H,19,22)/b12-5-,16-14-. The summed E-state index contributed by atoms with van der Waals surface area (Å²) in [7, 11) is 0. The molecule has 0 bridgehead atoms. The molecule has 126 valence electrons. The van der Waals surface area contributed by atoms with Crippen LogP contribution in [-0.2, 0) is 11.2 Å². The van der Waals surface area contributed by atoms with Gasteiger partial charge in [0.15, 0.2) is 5.16 Å². The van der Waals surface area contributed by atoms with E-state index in [1.165, 1.54) is 17.3 Å². The molecular weight excluding hydrogens is 338 g/mol. The molecule has 1 aromatic rings. The zero-order chi connectivity index (χ0) is 17.5. The summed E-state index contributed by atoms with van der Waals surface area (Å²) >= 11 is 2.91. The second kappa shape index (κ2) is 8.95. The van der Waals surface area contributed by atoms with E-state index in [1.807, 2.05) is 26.3 Å². The van der Waals surface area contributed by atoms with Crippen molar-refractivity contribution in [2.75, 3.05) is 18.6 Å². The Hall–Kier alpha value is -1.71. The summed E-state index contributed by atoms with van der Waals surface area (Å²) < 4.78 is 0. The molecule has 1 aromatic heterocycles. The monoisotopic (exact) mass is 359 g/mol. The highest BCUT2D eigenvalue weighted by Crippen LogP contribution is 2.38. The molecule has 1 aliphatic rings. The van der Waals surface area contributed by atoms with Gasteiger partial charge in [0.05, 0.1) is 16.4 Å². The van der Waals surface area contributed by atoms with Crippen LogP contribution in [0.4, 0.5) is 0 Å². The van der Waals surface area contributed by atoms with Gasteiger partial charge in [-0.05, 0) is 44.1 Å². The highest BCUT2D eigenvalue weighted by molar-refractivity contribution is 8.02. The number of rotatable bonds is 5. The lowest BCUT2D eigenvalue weighted by Gasteiger charge is -2.22. The van der Waals surface area contributed by atoms with Crippen LogP contribution in [0.3, 0.4) is 0 Å². The molecule has 0 atom stereocenters. The van der Waals surface area contributed by atoms with E-state index in [0.717, 1.165) is 34.6 Å². The van der Waals surface area contributed by atoms with E-state index in [4.69, 9.17) is 11.4 Å². The van der Waals surface area contributed by atoms with Gasteiger partial charge in [-0.1, -0.05) is 23.8 Å². The average Bonchev–Trinajstić information content (AvgIpc) is 2.61. The number of amides is 1. The van der Waals surface area contributed by atoms with Gasteiger partial charge in [-0.2, -0.15) is 0 Å². The number of nitrogens with zero attached hydrogens (tertiary/aromatic N) is 2. The fraction of sp³-hybridized carbons (Fsp3) is 0.389. The Balaban J connectivity index is 2.38. The number of fused-ring (bicyclic) bond motifs is 1. The highest BCUT2D eigenvalue weighted by Gasteiger charge is 2.23. The number of allylic oxidation sites excluding steroid dienone is 4. The maximum atomic E-state index is 11.6. The molecule has 1 aliphatic carbocycles. The fourth-order valence-electron chi connectivity index (χ4n) is 2.56. The third-order valence-corrected chi connectivity index (χ3v) is 5.27. The van der Waals surface area contributed by atoms with Crippen molar-refractivity contribution in [2.45, 2.75) is 31.8 Å². The maximum Gasteiger partial charge on any atom is 0.230 e. The number of aromatic nitrogens is 2. The molecule has 0 spiro atoms.